The number of methoxy groups -OCH3 is 1. The lowest BCUT2D eigenvalue weighted by Crippen LogP contribution is -2.37. The second-order valence-corrected chi connectivity index (χ2v) is 9.19. The first-order valence-electron chi connectivity index (χ1n) is 11.0. The monoisotopic (exact) mass is 511 g/mol. The second kappa shape index (κ2) is 9.67. The first-order chi connectivity index (χ1) is 16.9. The van der Waals surface area contributed by atoms with Gasteiger partial charge in [-0.2, -0.15) is 0 Å². The van der Waals surface area contributed by atoms with Crippen molar-refractivity contribution in [1.29, 1.82) is 0 Å². The molecule has 2 aromatic rings. The fourth-order valence-corrected chi connectivity index (χ4v) is 5.29. The molecule has 8 nitrogen and oxygen atoms in total. The van der Waals surface area contributed by atoms with Crippen LogP contribution in [0.5, 0.6) is 17.2 Å². The summed E-state index contributed by atoms with van der Waals surface area (Å²) in [6.07, 6.45) is 3.18. The summed E-state index contributed by atoms with van der Waals surface area (Å²) in [5.41, 5.74) is 3.18. The first kappa shape index (κ1) is 23.3. The van der Waals surface area contributed by atoms with Crippen LogP contribution in [-0.2, 0) is 9.59 Å². The maximum atomic E-state index is 13.2. The molecule has 0 saturated carbocycles. The van der Waals surface area contributed by atoms with Gasteiger partial charge in [0.05, 0.1) is 31.6 Å². The molecule has 0 atom stereocenters. The predicted molar refractivity (Wildman–Crippen MR) is 137 cm³/mol. The Morgan fingerprint density at radius 2 is 2.06 bits per heavy atom. The molecule has 0 radical (unpaired) electrons. The molecule has 2 aromatic carbocycles. The van der Waals surface area contributed by atoms with Crippen LogP contribution in [0.2, 0.25) is 5.02 Å². The van der Waals surface area contributed by atoms with E-state index in [0.29, 0.717) is 41.1 Å². The van der Waals surface area contributed by atoms with Crippen molar-refractivity contribution in [2.75, 3.05) is 38.3 Å². The van der Waals surface area contributed by atoms with Crippen molar-refractivity contribution in [3.63, 3.8) is 0 Å². The van der Waals surface area contributed by atoms with Gasteiger partial charge >= 0.3 is 5.97 Å². The Balaban J connectivity index is 1.41. The average Bonchev–Trinajstić information content (AvgIpc) is 3.46. The quantitative estimate of drug-likeness (QED) is 0.334. The molecule has 0 spiro atoms. The number of carbonyl (C=O) groups is 2. The van der Waals surface area contributed by atoms with Crippen LogP contribution in [0.4, 0.5) is 5.69 Å². The number of rotatable bonds is 5. The summed E-state index contributed by atoms with van der Waals surface area (Å²) in [6, 6.07) is 8.69. The van der Waals surface area contributed by atoms with Crippen molar-refractivity contribution < 1.29 is 23.8 Å². The number of anilines is 1. The normalized spacial score (nSPS) is 16.4. The average molecular weight is 512 g/mol. The van der Waals surface area contributed by atoms with Crippen LogP contribution in [0.1, 0.15) is 18.1 Å². The molecule has 3 aliphatic heterocycles. The van der Waals surface area contributed by atoms with Gasteiger partial charge in [0.1, 0.15) is 6.61 Å². The molecule has 3 heterocycles. The molecule has 0 aromatic heterocycles. The van der Waals surface area contributed by atoms with Gasteiger partial charge in [0.25, 0.3) is 5.91 Å². The van der Waals surface area contributed by atoms with E-state index in [1.165, 1.54) is 20.1 Å². The lowest BCUT2D eigenvalue weighted by Gasteiger charge is -2.31. The zero-order valence-electron chi connectivity index (χ0n) is 19.1. The van der Waals surface area contributed by atoms with Crippen molar-refractivity contribution in [1.82, 2.24) is 4.90 Å². The van der Waals surface area contributed by atoms with E-state index in [-0.39, 0.29) is 5.91 Å². The molecule has 0 fully saturated rings. The molecule has 180 valence electrons. The second-order valence-electron chi connectivity index (χ2n) is 7.91. The fourth-order valence-electron chi connectivity index (χ4n) is 4.13. The van der Waals surface area contributed by atoms with Gasteiger partial charge in [-0.05, 0) is 35.9 Å². The fraction of sp³-hybridized carbons (Fsp3) is 0.240. The van der Waals surface area contributed by atoms with Gasteiger partial charge in [0, 0.05) is 35.5 Å². The van der Waals surface area contributed by atoms with E-state index in [9.17, 15) is 9.59 Å². The number of hydrogen-bond acceptors (Lipinski definition) is 8. The third-order valence-corrected chi connectivity index (χ3v) is 6.78. The van der Waals surface area contributed by atoms with E-state index in [4.69, 9.17) is 25.8 Å². The smallest absolute Gasteiger partial charge is 0.308 e. The number of amidine groups is 1. The highest BCUT2D eigenvalue weighted by Gasteiger charge is 2.32. The SMILES string of the molecule is COc1cc(C=CC(=O)N2CCOc3c(C4=CSC5=NCCN45)cc(Cl)cc32)ccc1OC(C)=O. The summed E-state index contributed by atoms with van der Waals surface area (Å²) in [5, 5.41) is 3.53. The molecule has 3 aliphatic rings. The number of nitrogens with zero attached hydrogens (tertiary/aromatic N) is 3. The third kappa shape index (κ3) is 4.61. The number of ether oxygens (including phenoxy) is 3. The van der Waals surface area contributed by atoms with E-state index >= 15 is 0 Å². The summed E-state index contributed by atoms with van der Waals surface area (Å²) in [7, 11) is 1.49. The Morgan fingerprint density at radius 3 is 2.86 bits per heavy atom. The molecule has 5 rings (SSSR count). The van der Waals surface area contributed by atoms with Gasteiger partial charge in [-0.3, -0.25) is 14.6 Å². The largest absolute Gasteiger partial charge is 0.493 e. The molecular formula is C25H22ClN3O5S. The Hall–Kier alpha value is -3.43. The molecule has 1 amide bonds. The van der Waals surface area contributed by atoms with Crippen molar-refractivity contribution in [3.05, 3.63) is 58.0 Å². The van der Waals surface area contributed by atoms with Gasteiger partial charge < -0.3 is 24.0 Å². The van der Waals surface area contributed by atoms with Gasteiger partial charge in [0.15, 0.2) is 22.4 Å². The minimum Gasteiger partial charge on any atom is -0.493 e. The summed E-state index contributed by atoms with van der Waals surface area (Å²) in [5.74, 6) is 0.707. The topological polar surface area (TPSA) is 80.7 Å². The number of thioether (sulfide) groups is 1. The minimum absolute atomic E-state index is 0.205. The zero-order chi connectivity index (χ0) is 24.5. The van der Waals surface area contributed by atoms with E-state index in [1.54, 1.807) is 47.0 Å². The number of esters is 1. The van der Waals surface area contributed by atoms with Crippen LogP contribution < -0.4 is 19.1 Å². The van der Waals surface area contributed by atoms with Crippen molar-refractivity contribution in [3.8, 4) is 17.2 Å². The molecule has 0 N–H and O–H groups in total. The van der Waals surface area contributed by atoms with Gasteiger partial charge in [0.2, 0.25) is 0 Å². The van der Waals surface area contributed by atoms with Crippen molar-refractivity contribution in [2.24, 2.45) is 4.99 Å². The lowest BCUT2D eigenvalue weighted by molar-refractivity contribution is -0.132. The lowest BCUT2D eigenvalue weighted by atomic mass is 10.1. The van der Waals surface area contributed by atoms with Gasteiger partial charge in [-0.15, -0.1) is 0 Å². The van der Waals surface area contributed by atoms with E-state index in [2.05, 4.69) is 9.89 Å². The van der Waals surface area contributed by atoms with E-state index < -0.39 is 5.97 Å². The number of fused-ring (bicyclic) bond motifs is 2. The molecular weight excluding hydrogens is 490 g/mol. The summed E-state index contributed by atoms with van der Waals surface area (Å²) >= 11 is 8.06. The molecule has 0 unspecified atom stereocenters. The molecule has 0 aliphatic carbocycles. The van der Waals surface area contributed by atoms with Gasteiger partial charge in [-0.1, -0.05) is 29.4 Å². The maximum absolute atomic E-state index is 13.2. The van der Waals surface area contributed by atoms with Crippen LogP contribution in [0.25, 0.3) is 11.8 Å². The van der Waals surface area contributed by atoms with Crippen molar-refractivity contribution >= 4 is 57.9 Å². The maximum Gasteiger partial charge on any atom is 0.308 e. The first-order valence-corrected chi connectivity index (χ1v) is 12.2. The van der Waals surface area contributed by atoms with E-state index in [1.807, 2.05) is 11.5 Å². The highest BCUT2D eigenvalue weighted by atomic mass is 35.5. The molecule has 35 heavy (non-hydrogen) atoms. The summed E-state index contributed by atoms with van der Waals surface area (Å²) in [4.78, 5) is 32.8. The Kier molecular flexibility index (Phi) is 6.44. The molecule has 10 heteroatoms. The number of amides is 1. The highest BCUT2D eigenvalue weighted by Crippen LogP contribution is 2.45. The van der Waals surface area contributed by atoms with Gasteiger partial charge in [-0.25, -0.2) is 0 Å². The molecule has 0 bridgehead atoms. The summed E-state index contributed by atoms with van der Waals surface area (Å²) in [6.45, 7) is 3.65. The van der Waals surface area contributed by atoms with E-state index in [0.717, 1.165) is 35.1 Å². The highest BCUT2D eigenvalue weighted by molar-refractivity contribution is 8.16. The number of carbonyl (C=O) groups excluding carboxylic acids is 2. The van der Waals surface area contributed by atoms with Crippen molar-refractivity contribution in [2.45, 2.75) is 6.92 Å². The minimum atomic E-state index is -0.439. The number of halogens is 1. The van der Waals surface area contributed by atoms with Crippen LogP contribution in [-0.4, -0.2) is 55.3 Å². The zero-order valence-corrected chi connectivity index (χ0v) is 20.7. The number of benzene rings is 2. The predicted octanol–water partition coefficient (Wildman–Crippen LogP) is 4.43. The van der Waals surface area contributed by atoms with Crippen LogP contribution in [0.15, 0.2) is 46.8 Å². The van der Waals surface area contributed by atoms with Crippen LogP contribution in [0.3, 0.4) is 0 Å². The number of aliphatic imine (C=N–C) groups is 1. The Labute approximate surface area is 211 Å². The number of hydrogen-bond donors (Lipinski definition) is 0. The standard InChI is InChI=1S/C25H22ClN3O5S/c1-15(30)34-21-5-3-16(11-22(21)32-2)4-6-23(31)28-9-10-33-24-18(12-17(26)13-19(24)28)20-14-35-25-27-7-8-29(20)25/h3-6,11-14H,7-10H2,1-2H3. The Morgan fingerprint density at radius 1 is 1.20 bits per heavy atom. The van der Waals surface area contributed by atoms with Crippen LogP contribution >= 0.6 is 23.4 Å². The molecule has 0 saturated heterocycles. The van der Waals surface area contributed by atoms with Crippen LogP contribution in [0, 0.1) is 0 Å². The summed E-state index contributed by atoms with van der Waals surface area (Å²) < 4.78 is 16.5. The third-order valence-electron chi connectivity index (χ3n) is 5.66. The Bertz CT molecular complexity index is 1310.